The third kappa shape index (κ3) is 9.10. The fourth-order valence-corrected chi connectivity index (χ4v) is 9.72. The summed E-state index contributed by atoms with van der Waals surface area (Å²) in [7, 11) is 3.77. The van der Waals surface area contributed by atoms with E-state index in [0.29, 0.717) is 43.7 Å². The first-order valence-corrected chi connectivity index (χ1v) is 19.9. The molecule has 1 aromatic carbocycles. The van der Waals surface area contributed by atoms with Crippen LogP contribution in [0.25, 0.3) is 0 Å². The third-order valence-electron chi connectivity index (χ3n) is 11.8. The molecule has 6 rings (SSSR count). The number of hydrogen-bond donors (Lipinski definition) is 2. The van der Waals surface area contributed by atoms with Gasteiger partial charge in [-0.15, -0.1) is 11.3 Å². The minimum atomic E-state index is -1.19. The van der Waals surface area contributed by atoms with Crippen LogP contribution in [0.15, 0.2) is 35.7 Å². The van der Waals surface area contributed by atoms with Gasteiger partial charge in [-0.1, -0.05) is 57.5 Å². The predicted molar refractivity (Wildman–Crippen MR) is 199 cm³/mol. The number of aliphatic carboxylic acids is 1. The highest BCUT2D eigenvalue weighted by molar-refractivity contribution is 7.09. The van der Waals surface area contributed by atoms with Crippen molar-refractivity contribution >= 4 is 34.9 Å². The number of rotatable bonds is 19. The molecule has 10 nitrogen and oxygen atoms in total. The second-order valence-electron chi connectivity index (χ2n) is 16.1. The van der Waals surface area contributed by atoms with E-state index in [1.165, 1.54) is 11.3 Å². The first-order chi connectivity index (χ1) is 24.6. The number of aromatic nitrogens is 1. The van der Waals surface area contributed by atoms with E-state index >= 15 is 0 Å². The van der Waals surface area contributed by atoms with E-state index in [0.717, 1.165) is 31.4 Å². The molecule has 1 aromatic heterocycles. The Morgan fingerprint density at radius 1 is 1.12 bits per heavy atom. The summed E-state index contributed by atoms with van der Waals surface area (Å²) in [5.41, 5.74) is -0.427. The maximum absolute atomic E-state index is 14.8. The monoisotopic (exact) mass is 740 g/mol. The molecule has 4 aliphatic rings. The van der Waals surface area contributed by atoms with Crippen molar-refractivity contribution in [2.45, 2.75) is 122 Å². The summed E-state index contributed by atoms with van der Waals surface area (Å²) < 4.78 is 21.1. The molecule has 1 aliphatic heterocycles. The maximum Gasteiger partial charge on any atom is 0.306 e. The minimum absolute atomic E-state index is 0.0379. The number of likely N-dealkylation sites (N-methyl/N-ethyl adjacent to an activating group) is 1. The van der Waals surface area contributed by atoms with E-state index in [-0.39, 0.29) is 54.1 Å². The lowest BCUT2D eigenvalue weighted by atomic mass is 9.37. The van der Waals surface area contributed by atoms with Crippen molar-refractivity contribution in [2.75, 3.05) is 27.2 Å². The van der Waals surface area contributed by atoms with Crippen LogP contribution in [0.4, 0.5) is 4.39 Å². The number of ketones is 1. The molecule has 6 atom stereocenters. The molecule has 2 bridgehead atoms. The minimum Gasteiger partial charge on any atom is -0.481 e. The first kappa shape index (κ1) is 40.0. The van der Waals surface area contributed by atoms with Crippen LogP contribution in [0.5, 0.6) is 0 Å². The summed E-state index contributed by atoms with van der Waals surface area (Å²) in [4.78, 5) is 61.9. The second kappa shape index (κ2) is 16.8. The first-order valence-electron chi connectivity index (χ1n) is 19.0. The molecular formula is C40H57FN4O6S. The smallest absolute Gasteiger partial charge is 0.306 e. The Morgan fingerprint density at radius 3 is 2.40 bits per heavy atom. The molecule has 2 heterocycles. The number of carbonyl (C=O) groups is 4. The van der Waals surface area contributed by atoms with E-state index in [2.05, 4.69) is 24.1 Å². The number of nitrogens with zero attached hydrogens (tertiary/aromatic N) is 3. The lowest BCUT2D eigenvalue weighted by molar-refractivity contribution is -0.243. The van der Waals surface area contributed by atoms with E-state index < -0.39 is 41.0 Å². The second-order valence-corrected chi connectivity index (χ2v) is 17.0. The van der Waals surface area contributed by atoms with Crippen molar-refractivity contribution in [1.82, 2.24) is 20.1 Å². The number of piperidine rings is 1. The molecule has 286 valence electrons. The van der Waals surface area contributed by atoms with Crippen molar-refractivity contribution in [1.29, 1.82) is 0 Å². The number of carboxylic acid groups (broad SMARTS) is 1. The molecule has 2 N–H and O–H groups in total. The average molecular weight is 741 g/mol. The van der Waals surface area contributed by atoms with Crippen LogP contribution in [-0.4, -0.2) is 94.5 Å². The third-order valence-corrected chi connectivity index (χ3v) is 12.7. The molecule has 52 heavy (non-hydrogen) atoms. The largest absolute Gasteiger partial charge is 0.481 e. The summed E-state index contributed by atoms with van der Waals surface area (Å²) in [6.07, 6.45) is 4.70. The highest BCUT2D eigenvalue weighted by Gasteiger charge is 2.73. The van der Waals surface area contributed by atoms with Crippen LogP contribution in [0.1, 0.15) is 113 Å². The van der Waals surface area contributed by atoms with Crippen LogP contribution >= 0.6 is 11.3 Å². The van der Waals surface area contributed by atoms with Crippen molar-refractivity contribution in [3.8, 4) is 0 Å². The number of carboxylic acids is 1. The zero-order valence-corrected chi connectivity index (χ0v) is 32.4. The van der Waals surface area contributed by atoms with Gasteiger partial charge >= 0.3 is 5.97 Å². The van der Waals surface area contributed by atoms with Gasteiger partial charge in [0.2, 0.25) is 5.91 Å². The fourth-order valence-electron chi connectivity index (χ4n) is 8.86. The molecule has 3 aliphatic carbocycles. The van der Waals surface area contributed by atoms with Crippen LogP contribution < -0.4 is 5.32 Å². The number of Topliss-reactive ketones (excluding diaryl/α,β-unsaturated/α-hetero) is 1. The summed E-state index contributed by atoms with van der Waals surface area (Å²) in [6.45, 7) is 8.89. The van der Waals surface area contributed by atoms with Crippen LogP contribution in [0, 0.1) is 23.2 Å². The van der Waals surface area contributed by atoms with Crippen molar-refractivity contribution in [3.05, 3.63) is 52.0 Å². The molecule has 2 amide bonds. The van der Waals surface area contributed by atoms with Gasteiger partial charge < -0.3 is 20.1 Å². The number of ether oxygens (including phenoxy) is 1. The lowest BCUT2D eigenvalue weighted by Gasteiger charge is -2.68. The standard InChI is InChI=1S/C40H57FN4O6S/c1-7-51-34(36-43-30(21-52-36)35(47)42-28(17-26(4)38(49)50)18-27-13-9-8-10-14-27)20-32(25(2)3)45(6)37(48)29(39-22-40(41,23-39)24-39)19-33(46)31-15-11-12-16-44(31)5/h8-10,13-14,21,25-26,28-29,31-32,34H,7,11-12,15-20,22-24H2,1-6H3,(H,42,47)(H,49,50)/t26-,28+,29?,31+,32+,34+,39?,40?/m0/s1. The molecule has 0 spiro atoms. The Bertz CT molecular complexity index is 1550. The predicted octanol–water partition coefficient (Wildman–Crippen LogP) is 6.50. The van der Waals surface area contributed by atoms with Gasteiger partial charge in [-0.05, 0) is 82.4 Å². The molecule has 3 saturated carbocycles. The number of halogens is 1. The highest BCUT2D eigenvalue weighted by Crippen LogP contribution is 2.73. The summed E-state index contributed by atoms with van der Waals surface area (Å²) >= 11 is 1.32. The van der Waals surface area contributed by atoms with Crippen molar-refractivity contribution in [3.63, 3.8) is 0 Å². The topological polar surface area (TPSA) is 129 Å². The number of nitrogens with one attached hydrogen (secondary N) is 1. The number of thiazole rings is 1. The van der Waals surface area contributed by atoms with Crippen molar-refractivity contribution in [2.24, 2.45) is 23.2 Å². The number of amides is 2. The van der Waals surface area contributed by atoms with Crippen LogP contribution in [0.2, 0.25) is 0 Å². The van der Waals surface area contributed by atoms with E-state index in [4.69, 9.17) is 9.72 Å². The van der Waals surface area contributed by atoms with Gasteiger partial charge in [0.15, 0.2) is 5.78 Å². The number of alkyl halides is 1. The number of likely N-dealkylation sites (tertiary alicyclic amines) is 1. The van der Waals surface area contributed by atoms with Gasteiger partial charge in [0.25, 0.3) is 5.91 Å². The Balaban J connectivity index is 1.30. The Morgan fingerprint density at radius 2 is 1.81 bits per heavy atom. The molecular weight excluding hydrogens is 684 g/mol. The molecule has 1 unspecified atom stereocenters. The molecule has 0 radical (unpaired) electrons. The van der Waals surface area contributed by atoms with Crippen LogP contribution in [-0.2, 0) is 25.5 Å². The van der Waals surface area contributed by atoms with E-state index in [1.807, 2.05) is 44.3 Å². The molecule has 4 fully saturated rings. The molecule has 2 aromatic rings. The van der Waals surface area contributed by atoms with Gasteiger partial charge in [-0.3, -0.25) is 24.1 Å². The SMILES string of the molecule is CCO[C@H](C[C@H](C(C)C)N(C)C(=O)C(CC(=O)[C@H]1CCCCN1C)C12CC(F)(C1)C2)c1nc(C(=O)N[C@@H](Cc2ccccc2)C[C@H](C)C(=O)O)cs1. The summed E-state index contributed by atoms with van der Waals surface area (Å²) in [5.74, 6) is -2.50. The normalized spacial score (nSPS) is 25.6. The van der Waals surface area contributed by atoms with E-state index in [9.17, 15) is 28.7 Å². The zero-order chi connectivity index (χ0) is 37.8. The van der Waals surface area contributed by atoms with Gasteiger partial charge in [0.1, 0.15) is 22.5 Å². The highest BCUT2D eigenvalue weighted by atomic mass is 32.1. The Hall–Kier alpha value is -3.22. The summed E-state index contributed by atoms with van der Waals surface area (Å²) in [6, 6.07) is 8.76. The van der Waals surface area contributed by atoms with Gasteiger partial charge in [0, 0.05) is 44.0 Å². The average Bonchev–Trinajstić information content (AvgIpc) is 3.57. The molecule has 12 heteroatoms. The van der Waals surface area contributed by atoms with Crippen LogP contribution in [0.3, 0.4) is 0 Å². The van der Waals surface area contributed by atoms with E-state index in [1.54, 1.807) is 24.3 Å². The number of benzene rings is 1. The van der Waals surface area contributed by atoms with Gasteiger partial charge in [0.05, 0.1) is 17.9 Å². The quantitative estimate of drug-likeness (QED) is 0.167. The van der Waals surface area contributed by atoms with Crippen molar-refractivity contribution < 1.29 is 33.4 Å². The fraction of sp³-hybridized carbons (Fsp3) is 0.675. The van der Waals surface area contributed by atoms with Gasteiger partial charge in [-0.25, -0.2) is 9.37 Å². The zero-order valence-electron chi connectivity index (χ0n) is 31.6. The molecule has 1 saturated heterocycles. The summed E-state index contributed by atoms with van der Waals surface area (Å²) in [5, 5.41) is 14.9. The van der Waals surface area contributed by atoms with Gasteiger partial charge in [-0.2, -0.15) is 0 Å². The lowest BCUT2D eigenvalue weighted by Crippen LogP contribution is -2.70. The number of hydrogen-bond acceptors (Lipinski definition) is 8. The Kier molecular flexibility index (Phi) is 13.0. The maximum atomic E-state index is 14.8. The Labute approximate surface area is 311 Å². The number of carbonyl (C=O) groups excluding carboxylic acids is 3.